The predicted molar refractivity (Wildman–Crippen MR) is 107 cm³/mol. The zero-order valence-corrected chi connectivity index (χ0v) is 16.9. The molecule has 0 saturated heterocycles. The second-order valence-electron chi connectivity index (χ2n) is 7.31. The minimum atomic E-state index is -0.995. The average molecular weight is 399 g/mol. The highest BCUT2D eigenvalue weighted by Crippen LogP contribution is 2.13. The summed E-state index contributed by atoms with van der Waals surface area (Å²) in [7, 11) is 0. The summed E-state index contributed by atoms with van der Waals surface area (Å²) in [5.41, 5.74) is 0. The standard InChI is InChI=1S/C21H36NO6/c23-17-18(15-16-21(27)28)22-19(24)13-11-9-7-5-3-1-2-4-6-8-10-12-14-20(25)26/h18H,1-16H2,(H,22,24)(H,25,26)(H,27,28)/t18-/m0/s1. The van der Waals surface area contributed by atoms with E-state index in [0.29, 0.717) is 6.42 Å². The molecule has 161 valence electrons. The summed E-state index contributed by atoms with van der Waals surface area (Å²) in [5, 5.41) is 19.6. The third-order valence-electron chi connectivity index (χ3n) is 4.67. The van der Waals surface area contributed by atoms with Crippen LogP contribution in [0.15, 0.2) is 0 Å². The van der Waals surface area contributed by atoms with Gasteiger partial charge in [0.25, 0.3) is 0 Å². The Kier molecular flexibility index (Phi) is 17.2. The topological polar surface area (TPSA) is 121 Å². The van der Waals surface area contributed by atoms with E-state index in [1.54, 1.807) is 6.29 Å². The molecule has 0 bridgehead atoms. The number of carbonyl (C=O) groups excluding carboxylic acids is 2. The first-order valence-corrected chi connectivity index (χ1v) is 10.6. The van der Waals surface area contributed by atoms with Crippen LogP contribution in [0.25, 0.3) is 0 Å². The summed E-state index contributed by atoms with van der Waals surface area (Å²) < 4.78 is 0. The van der Waals surface area contributed by atoms with Crippen LogP contribution in [0, 0.1) is 0 Å². The highest BCUT2D eigenvalue weighted by atomic mass is 16.4. The number of amides is 1. The largest absolute Gasteiger partial charge is 0.481 e. The Morgan fingerprint density at radius 1 is 0.643 bits per heavy atom. The van der Waals surface area contributed by atoms with Gasteiger partial charge in [-0.25, -0.2) is 0 Å². The molecule has 0 aliphatic heterocycles. The molecule has 0 aliphatic carbocycles. The highest BCUT2D eigenvalue weighted by Gasteiger charge is 2.13. The molecule has 0 saturated carbocycles. The van der Waals surface area contributed by atoms with Gasteiger partial charge in [-0.15, -0.1) is 0 Å². The summed E-state index contributed by atoms with van der Waals surface area (Å²) in [4.78, 5) is 43.3. The molecule has 1 radical (unpaired) electrons. The van der Waals surface area contributed by atoms with E-state index in [0.717, 1.165) is 44.9 Å². The number of carbonyl (C=O) groups is 3. The summed E-state index contributed by atoms with van der Waals surface area (Å²) >= 11 is 0. The Hall–Kier alpha value is -1.92. The van der Waals surface area contributed by atoms with E-state index in [2.05, 4.69) is 5.32 Å². The van der Waals surface area contributed by atoms with Crippen LogP contribution in [-0.2, 0) is 19.2 Å². The SMILES string of the molecule is O=[C][C@H](CCC(=O)O)NC(=O)CCCCCCCCCCCCCCC(=O)O. The van der Waals surface area contributed by atoms with Crippen molar-refractivity contribution in [3.05, 3.63) is 0 Å². The van der Waals surface area contributed by atoms with E-state index < -0.39 is 18.0 Å². The lowest BCUT2D eigenvalue weighted by molar-refractivity contribution is -0.138. The van der Waals surface area contributed by atoms with Crippen molar-refractivity contribution in [1.29, 1.82) is 0 Å². The number of carboxylic acid groups (broad SMARTS) is 2. The minimum absolute atomic E-state index is 0.0763. The van der Waals surface area contributed by atoms with Gasteiger partial charge in [0.15, 0.2) is 0 Å². The quantitative estimate of drug-likeness (QED) is 0.267. The Morgan fingerprint density at radius 2 is 1.04 bits per heavy atom. The minimum Gasteiger partial charge on any atom is -0.481 e. The van der Waals surface area contributed by atoms with Crippen LogP contribution < -0.4 is 5.32 Å². The predicted octanol–water partition coefficient (Wildman–Crippen LogP) is 3.99. The van der Waals surface area contributed by atoms with E-state index in [1.807, 2.05) is 0 Å². The summed E-state index contributed by atoms with van der Waals surface area (Å²) in [5.74, 6) is -1.92. The van der Waals surface area contributed by atoms with Crippen molar-refractivity contribution in [2.45, 2.75) is 109 Å². The summed E-state index contributed by atoms with van der Waals surface area (Å²) in [6, 6.07) is -0.833. The van der Waals surface area contributed by atoms with Crippen LogP contribution in [-0.4, -0.2) is 40.4 Å². The van der Waals surface area contributed by atoms with Gasteiger partial charge in [0.05, 0.1) is 6.04 Å². The molecular weight excluding hydrogens is 362 g/mol. The Labute approximate surface area is 168 Å². The molecule has 1 amide bonds. The lowest BCUT2D eigenvalue weighted by Gasteiger charge is -2.10. The van der Waals surface area contributed by atoms with Crippen LogP contribution in [0.4, 0.5) is 0 Å². The Balaban J connectivity index is 3.38. The van der Waals surface area contributed by atoms with Crippen molar-refractivity contribution in [3.63, 3.8) is 0 Å². The Morgan fingerprint density at radius 3 is 1.43 bits per heavy atom. The lowest BCUT2D eigenvalue weighted by Crippen LogP contribution is -2.36. The van der Waals surface area contributed by atoms with Crippen LogP contribution >= 0.6 is 0 Å². The van der Waals surface area contributed by atoms with Gasteiger partial charge in [-0.1, -0.05) is 64.2 Å². The molecule has 7 nitrogen and oxygen atoms in total. The summed E-state index contributed by atoms with van der Waals surface area (Å²) in [6.45, 7) is 0. The first-order chi connectivity index (χ1) is 13.5. The van der Waals surface area contributed by atoms with Gasteiger partial charge in [0, 0.05) is 19.3 Å². The Bertz CT molecular complexity index is 452. The fourth-order valence-corrected chi connectivity index (χ4v) is 3.02. The smallest absolute Gasteiger partial charge is 0.303 e. The van der Waals surface area contributed by atoms with Crippen molar-refractivity contribution in [2.75, 3.05) is 0 Å². The molecule has 7 heteroatoms. The molecule has 1 atom stereocenters. The third-order valence-corrected chi connectivity index (χ3v) is 4.67. The van der Waals surface area contributed by atoms with E-state index in [9.17, 15) is 19.2 Å². The van der Waals surface area contributed by atoms with Crippen LogP contribution in [0.1, 0.15) is 103 Å². The van der Waals surface area contributed by atoms with Crippen molar-refractivity contribution in [3.8, 4) is 0 Å². The zero-order chi connectivity index (χ0) is 21.0. The fraction of sp³-hybridized carbons (Fsp3) is 0.810. The maximum atomic E-state index is 11.7. The van der Waals surface area contributed by atoms with Gasteiger partial charge in [0.2, 0.25) is 12.2 Å². The molecule has 3 N–H and O–H groups in total. The normalized spacial score (nSPS) is 11.7. The molecule has 0 aromatic heterocycles. The zero-order valence-electron chi connectivity index (χ0n) is 16.9. The van der Waals surface area contributed by atoms with E-state index >= 15 is 0 Å². The van der Waals surface area contributed by atoms with E-state index in [4.69, 9.17) is 10.2 Å². The number of aliphatic carboxylic acids is 2. The van der Waals surface area contributed by atoms with Gasteiger partial charge in [-0.3, -0.25) is 19.2 Å². The molecule has 28 heavy (non-hydrogen) atoms. The van der Waals surface area contributed by atoms with Crippen molar-refractivity contribution < 1.29 is 29.4 Å². The average Bonchev–Trinajstić information content (AvgIpc) is 2.64. The molecule has 0 fully saturated rings. The number of nitrogens with one attached hydrogen (secondary N) is 1. The van der Waals surface area contributed by atoms with Gasteiger partial charge in [0.1, 0.15) is 0 Å². The number of rotatable bonds is 20. The molecule has 0 spiro atoms. The van der Waals surface area contributed by atoms with E-state index in [1.165, 1.54) is 32.1 Å². The van der Waals surface area contributed by atoms with Crippen molar-refractivity contribution >= 4 is 24.1 Å². The summed E-state index contributed by atoms with van der Waals surface area (Å²) in [6.07, 6.45) is 15.1. The highest BCUT2D eigenvalue weighted by molar-refractivity contribution is 5.80. The second kappa shape index (κ2) is 18.4. The molecule has 0 unspecified atom stereocenters. The van der Waals surface area contributed by atoms with Crippen molar-refractivity contribution in [2.24, 2.45) is 0 Å². The van der Waals surface area contributed by atoms with Gasteiger partial charge >= 0.3 is 11.9 Å². The monoisotopic (exact) mass is 398 g/mol. The van der Waals surface area contributed by atoms with E-state index in [-0.39, 0.29) is 25.2 Å². The number of hydrogen-bond donors (Lipinski definition) is 3. The number of carboxylic acids is 2. The number of hydrogen-bond acceptors (Lipinski definition) is 4. The molecule has 0 aromatic rings. The lowest BCUT2D eigenvalue weighted by atomic mass is 10.0. The molecule has 0 aromatic carbocycles. The first-order valence-electron chi connectivity index (χ1n) is 10.6. The molecule has 0 rings (SSSR count). The fourth-order valence-electron chi connectivity index (χ4n) is 3.02. The van der Waals surface area contributed by atoms with Gasteiger partial charge < -0.3 is 15.5 Å². The molecule has 0 aliphatic rings. The van der Waals surface area contributed by atoms with Gasteiger partial charge in [-0.2, -0.15) is 0 Å². The van der Waals surface area contributed by atoms with Gasteiger partial charge in [-0.05, 0) is 19.3 Å². The maximum Gasteiger partial charge on any atom is 0.303 e. The second-order valence-corrected chi connectivity index (χ2v) is 7.31. The maximum absolute atomic E-state index is 11.7. The van der Waals surface area contributed by atoms with Crippen LogP contribution in [0.5, 0.6) is 0 Å². The first kappa shape index (κ1) is 26.1. The van der Waals surface area contributed by atoms with Crippen molar-refractivity contribution in [1.82, 2.24) is 5.32 Å². The third kappa shape index (κ3) is 18.9. The van der Waals surface area contributed by atoms with Crippen LogP contribution in [0.2, 0.25) is 0 Å². The van der Waals surface area contributed by atoms with Crippen LogP contribution in [0.3, 0.4) is 0 Å². The number of unbranched alkanes of at least 4 members (excludes halogenated alkanes) is 11. The molecule has 0 heterocycles. The molecular formula is C21H36NO6.